The molecule has 3 amide bonds. The maximum absolute atomic E-state index is 12.9. The minimum absolute atomic E-state index is 0.0681. The number of carbonyl (C=O) groups is 4. The molecule has 4 rings (SSSR count). The number of thioether (sulfide) groups is 1. The fourth-order valence-corrected chi connectivity index (χ4v) is 4.52. The number of nitrogens with one attached hydrogen (secondary N) is 1. The van der Waals surface area contributed by atoms with Crippen molar-refractivity contribution in [2.45, 2.75) is 16.6 Å². The van der Waals surface area contributed by atoms with Crippen LogP contribution < -0.4 is 16.0 Å². The molecule has 0 aromatic heterocycles. The predicted molar refractivity (Wildman–Crippen MR) is 129 cm³/mol. The first-order valence-electron chi connectivity index (χ1n) is 10.4. The summed E-state index contributed by atoms with van der Waals surface area (Å²) >= 11 is 1.29. The number of rotatable bonds is 7. The Hall–Kier alpha value is -4.11. The maximum Gasteiger partial charge on any atom is 0.338 e. The molecule has 0 spiro atoms. The number of nitrogen functional groups attached to an aromatic ring is 1. The van der Waals surface area contributed by atoms with Crippen LogP contribution in [0.2, 0.25) is 0 Å². The molecule has 1 saturated heterocycles. The Kier molecular flexibility index (Phi) is 6.93. The molecule has 1 heterocycles. The van der Waals surface area contributed by atoms with Crippen LogP contribution in [-0.2, 0) is 19.1 Å². The SMILES string of the molecule is Nc1cccc(SC2CC(=O)N(c3ccc(C(=O)OCC(=O)Nc4ccccc4)cc3)C2=O)c1. The van der Waals surface area contributed by atoms with E-state index in [1.165, 1.54) is 36.0 Å². The number of carbonyl (C=O) groups excluding carboxylic acids is 4. The number of hydrogen-bond donors (Lipinski definition) is 2. The summed E-state index contributed by atoms with van der Waals surface area (Å²) in [6, 6.07) is 21.9. The number of benzene rings is 3. The quantitative estimate of drug-likeness (QED) is 0.305. The van der Waals surface area contributed by atoms with Gasteiger partial charge >= 0.3 is 5.97 Å². The third-order valence-electron chi connectivity index (χ3n) is 4.99. The lowest BCUT2D eigenvalue weighted by Gasteiger charge is -2.15. The van der Waals surface area contributed by atoms with Gasteiger partial charge in [0, 0.05) is 22.7 Å². The summed E-state index contributed by atoms with van der Waals surface area (Å²) in [5.41, 5.74) is 7.53. The second-order valence-electron chi connectivity index (χ2n) is 7.49. The highest BCUT2D eigenvalue weighted by molar-refractivity contribution is 8.00. The minimum atomic E-state index is -0.691. The highest BCUT2D eigenvalue weighted by atomic mass is 32.2. The number of nitrogens with two attached hydrogens (primary N) is 1. The molecule has 1 unspecified atom stereocenters. The molecular formula is C25H21N3O5S. The zero-order chi connectivity index (χ0) is 24.1. The number of imide groups is 1. The van der Waals surface area contributed by atoms with Gasteiger partial charge in [0.1, 0.15) is 0 Å². The molecule has 9 heteroatoms. The number of nitrogens with zero attached hydrogens (tertiary/aromatic N) is 1. The molecule has 0 radical (unpaired) electrons. The summed E-state index contributed by atoms with van der Waals surface area (Å²) in [7, 11) is 0. The molecule has 3 aromatic rings. The van der Waals surface area contributed by atoms with E-state index in [9.17, 15) is 19.2 Å². The Labute approximate surface area is 200 Å². The lowest BCUT2D eigenvalue weighted by molar-refractivity contribution is -0.121. The Balaban J connectivity index is 1.35. The lowest BCUT2D eigenvalue weighted by atomic mass is 10.2. The van der Waals surface area contributed by atoms with Gasteiger partial charge in [-0.2, -0.15) is 0 Å². The predicted octanol–water partition coefficient (Wildman–Crippen LogP) is 3.49. The van der Waals surface area contributed by atoms with E-state index in [-0.39, 0.29) is 23.8 Å². The zero-order valence-corrected chi connectivity index (χ0v) is 18.8. The van der Waals surface area contributed by atoms with Gasteiger partial charge in [-0.1, -0.05) is 24.3 Å². The van der Waals surface area contributed by atoms with Crippen molar-refractivity contribution < 1.29 is 23.9 Å². The average Bonchev–Trinajstić information content (AvgIpc) is 3.10. The summed E-state index contributed by atoms with van der Waals surface area (Å²) in [5, 5.41) is 2.07. The van der Waals surface area contributed by atoms with Crippen molar-refractivity contribution >= 4 is 52.5 Å². The van der Waals surface area contributed by atoms with Crippen LogP contribution in [0.5, 0.6) is 0 Å². The van der Waals surface area contributed by atoms with Crippen LogP contribution in [0.15, 0.2) is 83.8 Å². The summed E-state index contributed by atoms with van der Waals surface area (Å²) < 4.78 is 5.05. The molecule has 3 aromatic carbocycles. The molecule has 1 fully saturated rings. The van der Waals surface area contributed by atoms with Gasteiger partial charge in [0.25, 0.3) is 5.91 Å². The summed E-state index contributed by atoms with van der Waals surface area (Å²) in [4.78, 5) is 51.6. The third kappa shape index (κ3) is 5.44. The van der Waals surface area contributed by atoms with Crippen molar-refractivity contribution in [2.24, 2.45) is 0 Å². The van der Waals surface area contributed by atoms with Crippen molar-refractivity contribution in [3.8, 4) is 0 Å². The highest BCUT2D eigenvalue weighted by Gasteiger charge is 2.40. The van der Waals surface area contributed by atoms with Crippen LogP contribution in [0.1, 0.15) is 16.8 Å². The van der Waals surface area contributed by atoms with E-state index >= 15 is 0 Å². The van der Waals surface area contributed by atoms with E-state index in [2.05, 4.69) is 5.32 Å². The van der Waals surface area contributed by atoms with E-state index < -0.39 is 23.7 Å². The van der Waals surface area contributed by atoms with Crippen molar-refractivity contribution in [1.29, 1.82) is 0 Å². The summed E-state index contributed by atoms with van der Waals surface area (Å²) in [6.45, 7) is -0.443. The number of hydrogen-bond acceptors (Lipinski definition) is 7. The summed E-state index contributed by atoms with van der Waals surface area (Å²) in [6.07, 6.45) is 0.0681. The number of para-hydroxylation sites is 1. The monoisotopic (exact) mass is 475 g/mol. The van der Waals surface area contributed by atoms with Crippen LogP contribution in [0.25, 0.3) is 0 Å². The fourth-order valence-electron chi connectivity index (χ4n) is 3.40. The van der Waals surface area contributed by atoms with Gasteiger partial charge in [-0.25, -0.2) is 9.69 Å². The van der Waals surface area contributed by atoms with Crippen molar-refractivity contribution in [3.63, 3.8) is 0 Å². The second kappa shape index (κ2) is 10.2. The molecule has 0 aliphatic carbocycles. The van der Waals surface area contributed by atoms with Gasteiger partial charge in [-0.05, 0) is 54.6 Å². The third-order valence-corrected chi connectivity index (χ3v) is 6.17. The first kappa shape index (κ1) is 23.1. The Bertz CT molecular complexity index is 1230. The highest BCUT2D eigenvalue weighted by Crippen LogP contribution is 2.34. The van der Waals surface area contributed by atoms with E-state index in [1.54, 1.807) is 42.5 Å². The Morgan fingerprint density at radius 2 is 1.74 bits per heavy atom. The largest absolute Gasteiger partial charge is 0.452 e. The molecule has 34 heavy (non-hydrogen) atoms. The van der Waals surface area contributed by atoms with Crippen molar-refractivity contribution in [2.75, 3.05) is 22.6 Å². The van der Waals surface area contributed by atoms with Gasteiger partial charge < -0.3 is 15.8 Å². The van der Waals surface area contributed by atoms with Gasteiger partial charge in [-0.15, -0.1) is 11.8 Å². The second-order valence-corrected chi connectivity index (χ2v) is 8.76. The van der Waals surface area contributed by atoms with Gasteiger partial charge in [-0.3, -0.25) is 14.4 Å². The van der Waals surface area contributed by atoms with Crippen LogP contribution >= 0.6 is 11.8 Å². The first-order chi connectivity index (χ1) is 16.4. The molecule has 172 valence electrons. The maximum atomic E-state index is 12.9. The molecule has 1 aliphatic heterocycles. The van der Waals surface area contributed by atoms with Gasteiger partial charge in [0.15, 0.2) is 6.61 Å². The van der Waals surface area contributed by atoms with E-state index in [4.69, 9.17) is 10.5 Å². The molecule has 0 bridgehead atoms. The van der Waals surface area contributed by atoms with E-state index in [0.717, 1.165) is 9.80 Å². The van der Waals surface area contributed by atoms with Crippen LogP contribution in [-0.4, -0.2) is 35.5 Å². The number of anilines is 3. The smallest absolute Gasteiger partial charge is 0.338 e. The minimum Gasteiger partial charge on any atom is -0.452 e. The van der Waals surface area contributed by atoms with Gasteiger partial charge in [0.2, 0.25) is 11.8 Å². The van der Waals surface area contributed by atoms with Crippen molar-refractivity contribution in [1.82, 2.24) is 0 Å². The summed E-state index contributed by atoms with van der Waals surface area (Å²) in [5.74, 6) is -1.80. The van der Waals surface area contributed by atoms with Crippen LogP contribution in [0.4, 0.5) is 17.1 Å². The molecular weight excluding hydrogens is 454 g/mol. The van der Waals surface area contributed by atoms with E-state index in [1.807, 2.05) is 12.1 Å². The van der Waals surface area contributed by atoms with E-state index in [0.29, 0.717) is 17.1 Å². The number of ether oxygens (including phenoxy) is 1. The number of amides is 3. The number of esters is 1. The van der Waals surface area contributed by atoms with Crippen molar-refractivity contribution in [3.05, 3.63) is 84.4 Å². The molecule has 8 nitrogen and oxygen atoms in total. The molecule has 1 atom stereocenters. The van der Waals surface area contributed by atoms with Gasteiger partial charge in [0.05, 0.1) is 16.5 Å². The Morgan fingerprint density at radius 1 is 1.00 bits per heavy atom. The zero-order valence-electron chi connectivity index (χ0n) is 18.0. The molecule has 3 N–H and O–H groups in total. The topological polar surface area (TPSA) is 119 Å². The van der Waals surface area contributed by atoms with Crippen LogP contribution in [0.3, 0.4) is 0 Å². The molecule has 0 saturated carbocycles. The van der Waals surface area contributed by atoms with Crippen LogP contribution in [0, 0.1) is 0 Å². The first-order valence-corrected chi connectivity index (χ1v) is 11.3. The molecule has 1 aliphatic rings. The normalized spacial score (nSPS) is 15.3. The fraction of sp³-hybridized carbons (Fsp3) is 0.120. The Morgan fingerprint density at radius 3 is 2.44 bits per heavy atom. The standard InChI is InChI=1S/C25H21N3O5S/c26-17-5-4-8-20(13-17)34-21-14-23(30)28(24(21)31)19-11-9-16(10-12-19)25(32)33-15-22(29)27-18-6-2-1-3-7-18/h1-13,21H,14-15,26H2,(H,27,29). The average molecular weight is 476 g/mol. The lowest BCUT2D eigenvalue weighted by Crippen LogP contribution is -2.31.